The smallest absolute Gasteiger partial charge is 0.328 e. The number of nitrogens with one attached hydrogen (secondary N) is 1. The molecule has 0 radical (unpaired) electrons. The van der Waals surface area contributed by atoms with Gasteiger partial charge in [-0.1, -0.05) is 37.3 Å². The Morgan fingerprint density at radius 3 is 2.59 bits per heavy atom. The molecule has 1 fully saturated rings. The number of ether oxygens (including phenoxy) is 4. The van der Waals surface area contributed by atoms with Crippen molar-refractivity contribution in [1.29, 1.82) is 0 Å². The van der Waals surface area contributed by atoms with Crippen molar-refractivity contribution in [3.63, 3.8) is 0 Å². The molecule has 9 nitrogen and oxygen atoms in total. The van der Waals surface area contributed by atoms with E-state index in [1.54, 1.807) is 0 Å². The van der Waals surface area contributed by atoms with Gasteiger partial charge in [-0.2, -0.15) is 0 Å². The highest BCUT2D eigenvalue weighted by Crippen LogP contribution is 2.31. The zero-order valence-corrected chi connectivity index (χ0v) is 21.9. The number of carbonyl (C=O) groups is 3. The second kappa shape index (κ2) is 13.7. The Kier molecular flexibility index (Phi) is 10.4. The van der Waals surface area contributed by atoms with Gasteiger partial charge in [0.25, 0.3) is 5.91 Å². The molecule has 1 N–H and O–H groups in total. The number of benzene rings is 1. The van der Waals surface area contributed by atoms with E-state index in [1.807, 2.05) is 25.1 Å². The molecule has 1 aromatic carbocycles. The third-order valence-electron chi connectivity index (χ3n) is 6.35. The molecule has 3 rings (SSSR count). The number of methoxy groups -OCH3 is 1. The molecule has 2 aromatic rings. The first kappa shape index (κ1) is 28.1. The van der Waals surface area contributed by atoms with Crippen molar-refractivity contribution in [3.8, 4) is 11.5 Å². The summed E-state index contributed by atoms with van der Waals surface area (Å²) in [5.74, 6) is -1.77. The standard InChI is InChI=1S/C28H36N2O7/c1-5-16-35-23-13-9-12-22(28(33)36-18(2)21(23)17-20-10-7-6-8-11-20)30-27(32)25-26(37-19(3)31)24(34-4)14-15-29-25/h6-8,10-11,14-15,18,21-23H,5,9,12-13,16-17H2,1-4H3,(H,30,32)/t18-,21-,22?,23-/m0/s1. The van der Waals surface area contributed by atoms with Crippen LogP contribution in [0.15, 0.2) is 42.6 Å². The highest BCUT2D eigenvalue weighted by atomic mass is 16.6. The van der Waals surface area contributed by atoms with E-state index >= 15 is 0 Å². The van der Waals surface area contributed by atoms with Crippen molar-refractivity contribution < 1.29 is 33.3 Å². The molecule has 1 aromatic heterocycles. The molecule has 1 amide bonds. The van der Waals surface area contributed by atoms with E-state index in [9.17, 15) is 14.4 Å². The number of esters is 2. The lowest BCUT2D eigenvalue weighted by molar-refractivity contribution is -0.155. The van der Waals surface area contributed by atoms with Crippen LogP contribution in [0.4, 0.5) is 0 Å². The molecular weight excluding hydrogens is 476 g/mol. The lowest BCUT2D eigenvalue weighted by Crippen LogP contribution is -2.44. The third kappa shape index (κ3) is 7.76. The van der Waals surface area contributed by atoms with Gasteiger partial charge in [-0.15, -0.1) is 0 Å². The lowest BCUT2D eigenvalue weighted by atomic mass is 9.87. The molecule has 0 bridgehead atoms. The van der Waals surface area contributed by atoms with E-state index in [0.717, 1.165) is 18.4 Å². The van der Waals surface area contributed by atoms with Gasteiger partial charge in [0.15, 0.2) is 11.4 Å². The largest absolute Gasteiger partial charge is 0.493 e. The fourth-order valence-electron chi connectivity index (χ4n) is 4.52. The van der Waals surface area contributed by atoms with Gasteiger partial charge >= 0.3 is 11.9 Å². The molecule has 1 saturated heterocycles. The highest BCUT2D eigenvalue weighted by molar-refractivity contribution is 5.98. The Morgan fingerprint density at radius 2 is 1.92 bits per heavy atom. The van der Waals surface area contributed by atoms with Crippen LogP contribution in [-0.2, 0) is 25.5 Å². The quantitative estimate of drug-likeness (QED) is 0.504. The molecule has 0 aliphatic carbocycles. The SMILES string of the molecule is CCCO[C@H]1CCCC(NC(=O)c2nccc(OC)c2OC(C)=O)C(=O)O[C@@H](C)[C@@H]1Cc1ccccc1. The van der Waals surface area contributed by atoms with E-state index in [0.29, 0.717) is 25.9 Å². The van der Waals surface area contributed by atoms with Crippen molar-refractivity contribution in [3.05, 3.63) is 53.9 Å². The maximum absolute atomic E-state index is 13.2. The third-order valence-corrected chi connectivity index (χ3v) is 6.35. The Balaban J connectivity index is 1.80. The zero-order chi connectivity index (χ0) is 26.8. The average Bonchev–Trinajstić information content (AvgIpc) is 2.93. The predicted octanol–water partition coefficient (Wildman–Crippen LogP) is 3.88. The van der Waals surface area contributed by atoms with Crippen LogP contribution in [0.25, 0.3) is 0 Å². The fraction of sp³-hybridized carbons (Fsp3) is 0.500. The Hall–Kier alpha value is -3.46. The van der Waals surface area contributed by atoms with Crippen molar-refractivity contribution >= 4 is 17.8 Å². The van der Waals surface area contributed by atoms with Crippen LogP contribution in [0.3, 0.4) is 0 Å². The van der Waals surface area contributed by atoms with Crippen LogP contribution >= 0.6 is 0 Å². The van der Waals surface area contributed by atoms with Gasteiger partial charge in [-0.25, -0.2) is 9.78 Å². The molecule has 1 aliphatic rings. The summed E-state index contributed by atoms with van der Waals surface area (Å²) in [7, 11) is 1.39. The lowest BCUT2D eigenvalue weighted by Gasteiger charge is -2.31. The minimum atomic E-state index is -0.893. The minimum absolute atomic E-state index is 0.0389. The number of pyridine rings is 1. The van der Waals surface area contributed by atoms with Gasteiger partial charge in [0.2, 0.25) is 5.75 Å². The molecule has 2 heterocycles. The van der Waals surface area contributed by atoms with Crippen LogP contribution in [0.1, 0.15) is 62.5 Å². The molecule has 4 atom stereocenters. The van der Waals surface area contributed by atoms with Crippen molar-refractivity contribution in [2.45, 2.75) is 71.1 Å². The maximum Gasteiger partial charge on any atom is 0.328 e. The summed E-state index contributed by atoms with van der Waals surface area (Å²) in [6.07, 6.45) is 4.18. The van der Waals surface area contributed by atoms with Crippen molar-refractivity contribution in [2.75, 3.05) is 13.7 Å². The first-order valence-corrected chi connectivity index (χ1v) is 12.7. The number of amides is 1. The van der Waals surface area contributed by atoms with Gasteiger partial charge in [0.1, 0.15) is 12.1 Å². The van der Waals surface area contributed by atoms with Gasteiger partial charge in [0.05, 0.1) is 13.2 Å². The molecular formula is C28H36N2O7. The summed E-state index contributed by atoms with van der Waals surface area (Å²) < 4.78 is 22.5. The molecule has 9 heteroatoms. The minimum Gasteiger partial charge on any atom is -0.493 e. The van der Waals surface area contributed by atoms with Crippen molar-refractivity contribution in [2.24, 2.45) is 5.92 Å². The van der Waals surface area contributed by atoms with Crippen LogP contribution < -0.4 is 14.8 Å². The number of nitrogens with zero attached hydrogens (tertiary/aromatic N) is 1. The van der Waals surface area contributed by atoms with Crippen LogP contribution in [0.2, 0.25) is 0 Å². The second-order valence-electron chi connectivity index (χ2n) is 9.15. The highest BCUT2D eigenvalue weighted by Gasteiger charge is 2.35. The molecule has 1 unspecified atom stereocenters. The average molecular weight is 513 g/mol. The van der Waals surface area contributed by atoms with Gasteiger partial charge in [-0.3, -0.25) is 9.59 Å². The summed E-state index contributed by atoms with van der Waals surface area (Å²) in [5.41, 5.74) is 0.994. The predicted molar refractivity (Wildman–Crippen MR) is 136 cm³/mol. The first-order valence-electron chi connectivity index (χ1n) is 12.7. The van der Waals surface area contributed by atoms with E-state index in [4.69, 9.17) is 18.9 Å². The molecule has 0 saturated carbocycles. The van der Waals surface area contributed by atoms with E-state index < -0.39 is 30.0 Å². The molecule has 200 valence electrons. The molecule has 0 spiro atoms. The van der Waals surface area contributed by atoms with E-state index in [-0.39, 0.29) is 29.2 Å². The summed E-state index contributed by atoms with van der Waals surface area (Å²) in [6.45, 7) is 5.78. The Labute approximate surface area is 217 Å². The molecule has 37 heavy (non-hydrogen) atoms. The second-order valence-corrected chi connectivity index (χ2v) is 9.15. The summed E-state index contributed by atoms with van der Waals surface area (Å²) >= 11 is 0. The Morgan fingerprint density at radius 1 is 1.16 bits per heavy atom. The van der Waals surface area contributed by atoms with Crippen LogP contribution in [0.5, 0.6) is 11.5 Å². The summed E-state index contributed by atoms with van der Waals surface area (Å²) in [6, 6.07) is 10.7. The van der Waals surface area contributed by atoms with E-state index in [1.165, 1.54) is 26.3 Å². The molecule has 1 aliphatic heterocycles. The van der Waals surface area contributed by atoms with Crippen LogP contribution in [-0.4, -0.2) is 54.8 Å². The maximum atomic E-state index is 13.2. The normalized spacial score (nSPS) is 22.1. The summed E-state index contributed by atoms with van der Waals surface area (Å²) in [5, 5.41) is 2.72. The van der Waals surface area contributed by atoms with Gasteiger partial charge in [0, 0.05) is 31.7 Å². The fourth-order valence-corrected chi connectivity index (χ4v) is 4.52. The number of cyclic esters (lactones) is 1. The number of aromatic nitrogens is 1. The number of carbonyl (C=O) groups excluding carboxylic acids is 3. The van der Waals surface area contributed by atoms with Gasteiger partial charge in [-0.05, 0) is 44.6 Å². The number of hydrogen-bond donors (Lipinski definition) is 1. The topological polar surface area (TPSA) is 113 Å². The number of hydrogen-bond acceptors (Lipinski definition) is 8. The zero-order valence-electron chi connectivity index (χ0n) is 21.9. The first-order chi connectivity index (χ1) is 17.8. The summed E-state index contributed by atoms with van der Waals surface area (Å²) in [4.78, 5) is 42.0. The van der Waals surface area contributed by atoms with Gasteiger partial charge < -0.3 is 24.3 Å². The monoisotopic (exact) mass is 512 g/mol. The van der Waals surface area contributed by atoms with E-state index in [2.05, 4.69) is 29.4 Å². The Bertz CT molecular complexity index is 1060. The van der Waals surface area contributed by atoms with Crippen LogP contribution in [0, 0.1) is 5.92 Å². The van der Waals surface area contributed by atoms with Crippen molar-refractivity contribution in [1.82, 2.24) is 10.3 Å². The number of rotatable bonds is 9.